The second-order valence-corrected chi connectivity index (χ2v) is 4.85. The molecule has 2 atom stereocenters. The predicted octanol–water partition coefficient (Wildman–Crippen LogP) is 2.67. The molecule has 0 amide bonds. The van der Waals surface area contributed by atoms with Crippen LogP contribution in [0, 0.1) is 11.8 Å². The second-order valence-electron chi connectivity index (χ2n) is 4.85. The van der Waals surface area contributed by atoms with Gasteiger partial charge >= 0.3 is 0 Å². The van der Waals surface area contributed by atoms with Gasteiger partial charge in [-0.05, 0) is 38.2 Å². The number of carbonyl (C=O) groups excluding carboxylic acids is 2. The fourth-order valence-corrected chi connectivity index (χ4v) is 2.95. The van der Waals surface area contributed by atoms with Gasteiger partial charge in [-0.2, -0.15) is 0 Å². The number of rotatable bonds is 0. The molecule has 2 rings (SSSR count). The van der Waals surface area contributed by atoms with Crippen molar-refractivity contribution in [2.75, 3.05) is 0 Å². The minimum atomic E-state index is -0.226. The van der Waals surface area contributed by atoms with E-state index in [2.05, 4.69) is 0 Å². The quantitative estimate of drug-likeness (QED) is 0.571. The van der Waals surface area contributed by atoms with E-state index in [0.29, 0.717) is 11.5 Å². The molecule has 0 spiro atoms. The highest BCUT2D eigenvalue weighted by Gasteiger charge is 2.39. The van der Waals surface area contributed by atoms with E-state index in [-0.39, 0.29) is 17.5 Å². The molecule has 1 fully saturated rings. The Labute approximate surface area is 90.7 Å². The standard InChI is InChI=1S/C13H18O2/c1-8-9(2)12(14)13(15)11-7-5-3-4-6-10(8)11/h10-11H,3-7H2,1-2H3. The van der Waals surface area contributed by atoms with Crippen LogP contribution >= 0.6 is 0 Å². The lowest BCUT2D eigenvalue weighted by Gasteiger charge is -2.30. The van der Waals surface area contributed by atoms with Crippen molar-refractivity contribution in [2.24, 2.45) is 11.8 Å². The van der Waals surface area contributed by atoms with Crippen LogP contribution in [-0.2, 0) is 9.59 Å². The van der Waals surface area contributed by atoms with E-state index in [9.17, 15) is 9.59 Å². The molecule has 2 unspecified atom stereocenters. The molecule has 15 heavy (non-hydrogen) atoms. The average Bonchev–Trinajstić information content (AvgIpc) is 2.48. The molecule has 0 radical (unpaired) electrons. The molecule has 0 saturated heterocycles. The van der Waals surface area contributed by atoms with E-state index in [4.69, 9.17) is 0 Å². The summed E-state index contributed by atoms with van der Waals surface area (Å²) in [6.45, 7) is 3.83. The van der Waals surface area contributed by atoms with Crippen LogP contribution in [0.3, 0.4) is 0 Å². The monoisotopic (exact) mass is 206 g/mol. The first-order chi connectivity index (χ1) is 7.13. The van der Waals surface area contributed by atoms with Gasteiger partial charge in [0.1, 0.15) is 0 Å². The number of allylic oxidation sites excluding steroid dienone is 2. The van der Waals surface area contributed by atoms with Crippen molar-refractivity contribution in [2.45, 2.75) is 46.0 Å². The van der Waals surface area contributed by atoms with E-state index in [0.717, 1.165) is 19.3 Å². The van der Waals surface area contributed by atoms with Crippen LogP contribution < -0.4 is 0 Å². The van der Waals surface area contributed by atoms with E-state index in [1.165, 1.54) is 18.4 Å². The van der Waals surface area contributed by atoms with Gasteiger partial charge in [0.05, 0.1) is 0 Å². The zero-order valence-electron chi connectivity index (χ0n) is 9.51. The lowest BCUT2D eigenvalue weighted by Crippen LogP contribution is -2.36. The Morgan fingerprint density at radius 1 is 0.933 bits per heavy atom. The Hall–Kier alpha value is -0.920. The van der Waals surface area contributed by atoms with Gasteiger partial charge in [-0.3, -0.25) is 9.59 Å². The van der Waals surface area contributed by atoms with Gasteiger partial charge in [-0.1, -0.05) is 24.8 Å². The van der Waals surface area contributed by atoms with Crippen molar-refractivity contribution in [1.82, 2.24) is 0 Å². The third-order valence-electron chi connectivity index (χ3n) is 4.06. The van der Waals surface area contributed by atoms with Gasteiger partial charge in [-0.15, -0.1) is 0 Å². The molecule has 0 N–H and O–H groups in total. The summed E-state index contributed by atoms with van der Waals surface area (Å²) >= 11 is 0. The van der Waals surface area contributed by atoms with Crippen molar-refractivity contribution >= 4 is 11.6 Å². The molecule has 0 aliphatic heterocycles. The molecule has 82 valence electrons. The lowest BCUT2D eigenvalue weighted by atomic mass is 9.72. The van der Waals surface area contributed by atoms with Crippen LogP contribution in [0.15, 0.2) is 11.1 Å². The minimum Gasteiger partial charge on any atom is -0.290 e. The second kappa shape index (κ2) is 3.92. The van der Waals surface area contributed by atoms with Crippen LogP contribution in [0.2, 0.25) is 0 Å². The SMILES string of the molecule is CC1=C(C)C2CCCCCC2C(=O)C1=O. The number of hydrogen-bond acceptors (Lipinski definition) is 2. The molecule has 1 saturated carbocycles. The summed E-state index contributed by atoms with van der Waals surface area (Å²) in [7, 11) is 0. The lowest BCUT2D eigenvalue weighted by molar-refractivity contribution is -0.138. The zero-order valence-corrected chi connectivity index (χ0v) is 9.51. The van der Waals surface area contributed by atoms with Gasteiger partial charge in [-0.25, -0.2) is 0 Å². The number of hydrogen-bond donors (Lipinski definition) is 0. The Bertz CT molecular complexity index is 338. The summed E-state index contributed by atoms with van der Waals surface area (Å²) in [5.41, 5.74) is 1.88. The fourth-order valence-electron chi connectivity index (χ4n) is 2.95. The van der Waals surface area contributed by atoms with Crippen LogP contribution in [-0.4, -0.2) is 11.6 Å². The molecule has 0 heterocycles. The first kappa shape index (κ1) is 10.6. The Balaban J connectivity index is 2.39. The maximum Gasteiger partial charge on any atom is 0.224 e. The van der Waals surface area contributed by atoms with Gasteiger partial charge in [0, 0.05) is 5.92 Å². The molecule has 0 aromatic carbocycles. The van der Waals surface area contributed by atoms with Crippen LogP contribution in [0.5, 0.6) is 0 Å². The summed E-state index contributed by atoms with van der Waals surface area (Å²) in [5, 5.41) is 0. The number of ketones is 2. The largest absolute Gasteiger partial charge is 0.290 e. The van der Waals surface area contributed by atoms with Crippen molar-refractivity contribution in [3.05, 3.63) is 11.1 Å². The number of fused-ring (bicyclic) bond motifs is 1. The van der Waals surface area contributed by atoms with E-state index in [1.54, 1.807) is 6.92 Å². The summed E-state index contributed by atoms with van der Waals surface area (Å²) < 4.78 is 0. The highest BCUT2D eigenvalue weighted by molar-refractivity contribution is 6.45. The van der Waals surface area contributed by atoms with Crippen LogP contribution in [0.1, 0.15) is 46.0 Å². The molecule has 0 aromatic heterocycles. The molecule has 2 aliphatic carbocycles. The van der Waals surface area contributed by atoms with E-state index in [1.807, 2.05) is 6.92 Å². The minimum absolute atomic E-state index is 0.00343. The third kappa shape index (κ3) is 1.66. The number of carbonyl (C=O) groups is 2. The summed E-state index contributed by atoms with van der Waals surface area (Å²) in [5.74, 6) is 0.0158. The Morgan fingerprint density at radius 2 is 1.53 bits per heavy atom. The molecule has 2 nitrogen and oxygen atoms in total. The molecule has 0 aromatic rings. The third-order valence-corrected chi connectivity index (χ3v) is 4.06. The topological polar surface area (TPSA) is 34.1 Å². The number of Topliss-reactive ketones (excluding diaryl/α,β-unsaturated/α-hetero) is 2. The summed E-state index contributed by atoms with van der Waals surface area (Å²) in [6.07, 6.45) is 5.52. The highest BCUT2D eigenvalue weighted by atomic mass is 16.2. The highest BCUT2D eigenvalue weighted by Crippen LogP contribution is 2.39. The summed E-state index contributed by atoms with van der Waals surface area (Å²) in [4.78, 5) is 23.6. The molecule has 2 heteroatoms. The van der Waals surface area contributed by atoms with Gasteiger partial charge in [0.15, 0.2) is 0 Å². The molecular formula is C13H18O2. The van der Waals surface area contributed by atoms with Crippen molar-refractivity contribution < 1.29 is 9.59 Å². The van der Waals surface area contributed by atoms with E-state index >= 15 is 0 Å². The van der Waals surface area contributed by atoms with Crippen LogP contribution in [0.25, 0.3) is 0 Å². The van der Waals surface area contributed by atoms with E-state index < -0.39 is 0 Å². The van der Waals surface area contributed by atoms with Crippen molar-refractivity contribution in [3.63, 3.8) is 0 Å². The maximum atomic E-state index is 11.9. The predicted molar refractivity (Wildman–Crippen MR) is 58.5 cm³/mol. The smallest absolute Gasteiger partial charge is 0.224 e. The zero-order chi connectivity index (χ0) is 11.0. The summed E-state index contributed by atoms with van der Waals surface area (Å²) in [6, 6.07) is 0. The molecular weight excluding hydrogens is 188 g/mol. The average molecular weight is 206 g/mol. The van der Waals surface area contributed by atoms with Gasteiger partial charge in [0.2, 0.25) is 11.6 Å². The van der Waals surface area contributed by atoms with Crippen molar-refractivity contribution in [1.29, 1.82) is 0 Å². The first-order valence-corrected chi connectivity index (χ1v) is 5.89. The molecule has 0 bridgehead atoms. The normalized spacial score (nSPS) is 32.7. The Kier molecular flexibility index (Phi) is 2.76. The van der Waals surface area contributed by atoms with Gasteiger partial charge < -0.3 is 0 Å². The van der Waals surface area contributed by atoms with Gasteiger partial charge in [0.25, 0.3) is 0 Å². The fraction of sp³-hybridized carbons (Fsp3) is 0.692. The van der Waals surface area contributed by atoms with Crippen LogP contribution in [0.4, 0.5) is 0 Å². The molecule has 2 aliphatic rings. The maximum absolute atomic E-state index is 11.9. The Morgan fingerprint density at radius 3 is 2.20 bits per heavy atom. The first-order valence-electron chi connectivity index (χ1n) is 5.89. The van der Waals surface area contributed by atoms with Crippen molar-refractivity contribution in [3.8, 4) is 0 Å².